The zero-order valence-corrected chi connectivity index (χ0v) is 20.3. The molecular weight excluding hydrogens is 479 g/mol. The number of hydrogen-bond acceptors (Lipinski definition) is 9. The molecule has 0 bridgehead atoms. The van der Waals surface area contributed by atoms with Crippen molar-refractivity contribution in [2.75, 3.05) is 32.1 Å². The van der Waals surface area contributed by atoms with Crippen molar-refractivity contribution >= 4 is 28.4 Å². The lowest BCUT2D eigenvalue weighted by atomic mass is 9.95. The molecule has 2 aromatic carbocycles. The molecule has 1 atom stereocenters. The molecule has 0 spiro atoms. The predicted octanol–water partition coefficient (Wildman–Crippen LogP) is 4.39. The van der Waals surface area contributed by atoms with Gasteiger partial charge < -0.3 is 24.5 Å². The number of ether oxygens (including phenoxy) is 2. The largest absolute Gasteiger partial charge is 0.496 e. The molecule has 1 saturated heterocycles. The van der Waals surface area contributed by atoms with Gasteiger partial charge in [-0.25, -0.2) is 19.2 Å². The molecule has 2 N–H and O–H groups in total. The van der Waals surface area contributed by atoms with Gasteiger partial charge in [0.1, 0.15) is 22.7 Å². The van der Waals surface area contributed by atoms with Gasteiger partial charge in [0.05, 0.1) is 25.5 Å². The third-order valence-corrected chi connectivity index (χ3v) is 6.15. The van der Waals surface area contributed by atoms with E-state index < -0.39 is 17.5 Å². The van der Waals surface area contributed by atoms with Crippen LogP contribution in [0.3, 0.4) is 0 Å². The molecule has 10 heteroatoms. The fourth-order valence-electron chi connectivity index (χ4n) is 4.40. The molecule has 3 heterocycles. The van der Waals surface area contributed by atoms with Crippen LogP contribution < -0.4 is 21.0 Å². The van der Waals surface area contributed by atoms with Crippen LogP contribution in [0.1, 0.15) is 35.4 Å². The number of halogens is 1. The maximum absolute atomic E-state index is 13.6. The van der Waals surface area contributed by atoms with Crippen LogP contribution >= 0.6 is 0 Å². The fraction of sp³-hybridized carbons (Fsp3) is 0.259. The van der Waals surface area contributed by atoms with Crippen LogP contribution in [-0.4, -0.2) is 42.6 Å². The van der Waals surface area contributed by atoms with E-state index in [0.29, 0.717) is 58.9 Å². The van der Waals surface area contributed by atoms with Crippen molar-refractivity contribution in [3.63, 3.8) is 0 Å². The average Bonchev–Trinajstić information content (AvgIpc) is 2.92. The summed E-state index contributed by atoms with van der Waals surface area (Å²) in [5, 5.41) is 6.99. The van der Waals surface area contributed by atoms with Crippen LogP contribution in [0.4, 0.5) is 16.0 Å². The number of morpholine rings is 1. The number of anilines is 2. The Bertz CT molecular complexity index is 1530. The van der Waals surface area contributed by atoms with Gasteiger partial charge in [-0.3, -0.25) is 4.79 Å². The predicted molar refractivity (Wildman–Crippen MR) is 136 cm³/mol. The second-order valence-corrected chi connectivity index (χ2v) is 8.46. The highest BCUT2D eigenvalue weighted by Gasteiger charge is 2.28. The van der Waals surface area contributed by atoms with Crippen LogP contribution in [0.15, 0.2) is 57.9 Å². The average molecular weight is 505 g/mol. The minimum atomic E-state index is -0.692. The highest BCUT2D eigenvalue weighted by atomic mass is 19.1. The fourth-order valence-corrected chi connectivity index (χ4v) is 4.40. The Morgan fingerprint density at radius 2 is 2.11 bits per heavy atom. The van der Waals surface area contributed by atoms with E-state index in [1.54, 1.807) is 43.5 Å². The Labute approximate surface area is 211 Å². The van der Waals surface area contributed by atoms with E-state index in [1.165, 1.54) is 19.2 Å². The standard InChI is InChI=1S/C27H25FN4O5/c1-3-20(33)25-24(23-14-29-10-11-36-23)18-7-5-16(13-22(18)37-26(25)34)31-27-30-9-8-19(32-27)17-6-4-15(28)12-21(17)35-2/h4-9,12-13,23,29H,3,10-11,14H2,1-2H3,(H,30,31,32). The summed E-state index contributed by atoms with van der Waals surface area (Å²) in [6.45, 7) is 3.36. The number of aromatic nitrogens is 2. The molecule has 5 rings (SSSR count). The number of ketones is 1. The van der Waals surface area contributed by atoms with E-state index in [9.17, 15) is 14.0 Å². The van der Waals surface area contributed by atoms with Gasteiger partial charge in [0.25, 0.3) is 0 Å². The summed E-state index contributed by atoms with van der Waals surface area (Å²) in [4.78, 5) is 34.4. The van der Waals surface area contributed by atoms with E-state index in [-0.39, 0.29) is 23.7 Å². The first-order valence-electron chi connectivity index (χ1n) is 11.9. The first-order chi connectivity index (χ1) is 18.0. The number of carbonyl (C=O) groups excluding carboxylic acids is 1. The van der Waals surface area contributed by atoms with Crippen LogP contribution in [-0.2, 0) is 4.74 Å². The second kappa shape index (κ2) is 10.5. The minimum absolute atomic E-state index is 0.0358. The topological polar surface area (TPSA) is 116 Å². The Kier molecular flexibility index (Phi) is 6.93. The molecule has 37 heavy (non-hydrogen) atoms. The third kappa shape index (κ3) is 4.93. The van der Waals surface area contributed by atoms with E-state index >= 15 is 0 Å². The van der Waals surface area contributed by atoms with Gasteiger partial charge in [0.2, 0.25) is 5.95 Å². The number of fused-ring (bicyclic) bond motifs is 1. The number of benzene rings is 2. The first-order valence-corrected chi connectivity index (χ1v) is 11.9. The van der Waals surface area contributed by atoms with Crippen molar-refractivity contribution in [1.82, 2.24) is 15.3 Å². The minimum Gasteiger partial charge on any atom is -0.496 e. The number of methoxy groups -OCH3 is 1. The molecule has 1 fully saturated rings. The summed E-state index contributed by atoms with van der Waals surface area (Å²) >= 11 is 0. The Morgan fingerprint density at radius 3 is 2.86 bits per heavy atom. The first kappa shape index (κ1) is 24.5. The summed E-state index contributed by atoms with van der Waals surface area (Å²) in [5.41, 5.74) is 1.91. The molecule has 0 radical (unpaired) electrons. The Hall–Kier alpha value is -4.15. The summed E-state index contributed by atoms with van der Waals surface area (Å²) in [7, 11) is 1.46. The normalized spacial score (nSPS) is 15.5. The molecule has 9 nitrogen and oxygen atoms in total. The van der Waals surface area contributed by atoms with Gasteiger partial charge in [0, 0.05) is 60.0 Å². The quantitative estimate of drug-likeness (QED) is 0.279. The van der Waals surface area contributed by atoms with Crippen LogP contribution in [0.25, 0.3) is 22.2 Å². The smallest absolute Gasteiger partial charge is 0.347 e. The molecule has 1 aliphatic heterocycles. The van der Waals surface area contributed by atoms with Crippen molar-refractivity contribution in [1.29, 1.82) is 0 Å². The molecule has 190 valence electrons. The molecular formula is C27H25FN4O5. The van der Waals surface area contributed by atoms with Crippen molar-refractivity contribution < 1.29 is 23.1 Å². The molecule has 0 saturated carbocycles. The Morgan fingerprint density at radius 1 is 1.24 bits per heavy atom. The van der Waals surface area contributed by atoms with Crippen molar-refractivity contribution in [3.8, 4) is 17.0 Å². The number of nitrogens with zero attached hydrogens (tertiary/aromatic N) is 2. The van der Waals surface area contributed by atoms with Crippen molar-refractivity contribution in [3.05, 3.63) is 76.0 Å². The van der Waals surface area contributed by atoms with Gasteiger partial charge >= 0.3 is 5.63 Å². The van der Waals surface area contributed by atoms with Crippen LogP contribution in [0.5, 0.6) is 5.75 Å². The molecule has 0 aliphatic carbocycles. The molecule has 4 aromatic rings. The van der Waals surface area contributed by atoms with E-state index in [2.05, 4.69) is 20.6 Å². The highest BCUT2D eigenvalue weighted by molar-refractivity contribution is 6.01. The van der Waals surface area contributed by atoms with Gasteiger partial charge in [-0.15, -0.1) is 0 Å². The monoisotopic (exact) mass is 504 g/mol. The van der Waals surface area contributed by atoms with E-state index in [4.69, 9.17) is 13.9 Å². The Balaban J connectivity index is 1.53. The summed E-state index contributed by atoms with van der Waals surface area (Å²) in [6, 6.07) is 11.1. The third-order valence-electron chi connectivity index (χ3n) is 6.15. The van der Waals surface area contributed by atoms with Crippen molar-refractivity contribution in [2.45, 2.75) is 19.4 Å². The lowest BCUT2D eigenvalue weighted by Gasteiger charge is -2.26. The van der Waals surface area contributed by atoms with E-state index in [0.717, 1.165) is 0 Å². The lowest BCUT2D eigenvalue weighted by Crippen LogP contribution is -2.35. The van der Waals surface area contributed by atoms with Gasteiger partial charge in [-0.2, -0.15) is 0 Å². The SMILES string of the molecule is CCC(=O)c1c(C2CNCCO2)c2ccc(Nc3nccc(-c4ccc(F)cc4OC)n3)cc2oc1=O. The van der Waals surface area contributed by atoms with Crippen LogP contribution in [0.2, 0.25) is 0 Å². The summed E-state index contributed by atoms with van der Waals surface area (Å²) in [5.74, 6) is -0.0726. The number of rotatable bonds is 7. The maximum Gasteiger partial charge on any atom is 0.347 e. The summed E-state index contributed by atoms with van der Waals surface area (Å²) in [6.07, 6.45) is 1.30. The van der Waals surface area contributed by atoms with Gasteiger partial charge in [-0.05, 0) is 30.3 Å². The molecule has 1 aliphatic rings. The zero-order chi connectivity index (χ0) is 25.9. The number of Topliss-reactive ketones (excluding diaryl/α,β-unsaturated/α-hetero) is 1. The van der Waals surface area contributed by atoms with Crippen LogP contribution in [0, 0.1) is 5.82 Å². The van der Waals surface area contributed by atoms with Gasteiger partial charge in [0.15, 0.2) is 5.78 Å². The summed E-state index contributed by atoms with van der Waals surface area (Å²) < 4.78 is 30.4. The van der Waals surface area contributed by atoms with Gasteiger partial charge in [-0.1, -0.05) is 6.92 Å². The number of carbonyl (C=O) groups is 1. The number of nitrogens with one attached hydrogen (secondary N) is 2. The zero-order valence-electron chi connectivity index (χ0n) is 20.3. The number of hydrogen-bond donors (Lipinski definition) is 2. The lowest BCUT2D eigenvalue weighted by molar-refractivity contribution is 0.0277. The molecule has 2 aromatic heterocycles. The molecule has 0 amide bonds. The van der Waals surface area contributed by atoms with Crippen molar-refractivity contribution in [2.24, 2.45) is 0 Å². The highest BCUT2D eigenvalue weighted by Crippen LogP contribution is 2.33. The maximum atomic E-state index is 13.6. The van der Waals surface area contributed by atoms with E-state index in [1.807, 2.05) is 0 Å². The molecule has 1 unspecified atom stereocenters. The second-order valence-electron chi connectivity index (χ2n) is 8.46.